The summed E-state index contributed by atoms with van der Waals surface area (Å²) in [7, 11) is 1.54. The molecule has 8 heteroatoms. The van der Waals surface area contributed by atoms with Gasteiger partial charge in [-0.15, -0.1) is 0 Å². The number of halogens is 2. The third kappa shape index (κ3) is 6.82. The van der Waals surface area contributed by atoms with E-state index in [2.05, 4.69) is 42.5 Å². The molecule has 2 N–H and O–H groups in total. The fourth-order valence-electron chi connectivity index (χ4n) is 3.11. The lowest BCUT2D eigenvalue weighted by atomic mass is 10.1. The molecule has 0 aliphatic heterocycles. The maximum Gasteiger partial charge on any atom is 0.253 e. The first kappa shape index (κ1) is 24.8. The summed E-state index contributed by atoms with van der Waals surface area (Å²) in [5.74, 6) is 0.404. The molecule has 0 aliphatic carbocycles. The predicted molar refractivity (Wildman–Crippen MR) is 135 cm³/mol. The van der Waals surface area contributed by atoms with Crippen LogP contribution in [0, 0.1) is 0 Å². The lowest BCUT2D eigenvalue weighted by Crippen LogP contribution is -2.41. The Morgan fingerprint density at radius 3 is 1.79 bits per heavy atom. The lowest BCUT2D eigenvalue weighted by Gasteiger charge is -2.23. The lowest BCUT2D eigenvalue weighted by molar-refractivity contribution is 0.0883. The number of nitrogens with one attached hydrogen (secondary N) is 2. The zero-order valence-electron chi connectivity index (χ0n) is 18.4. The molecule has 0 saturated carbocycles. The summed E-state index contributed by atoms with van der Waals surface area (Å²) < 4.78 is 12.8. The summed E-state index contributed by atoms with van der Waals surface area (Å²) in [4.78, 5) is 25.9. The van der Waals surface area contributed by atoms with Gasteiger partial charge in [0.1, 0.15) is 6.17 Å². The van der Waals surface area contributed by atoms with Crippen LogP contribution in [0.5, 0.6) is 11.5 Å². The van der Waals surface area contributed by atoms with Crippen LogP contribution in [0.2, 0.25) is 0 Å². The second-order valence-corrected chi connectivity index (χ2v) is 9.31. The summed E-state index contributed by atoms with van der Waals surface area (Å²) in [5.41, 5.74) is 1.55. The van der Waals surface area contributed by atoms with Crippen LogP contribution >= 0.6 is 31.9 Å². The van der Waals surface area contributed by atoms with E-state index in [9.17, 15) is 9.59 Å². The van der Waals surface area contributed by atoms with Crippen molar-refractivity contribution < 1.29 is 19.1 Å². The van der Waals surface area contributed by atoms with E-state index < -0.39 is 6.17 Å². The second kappa shape index (κ2) is 11.3. The molecule has 0 fully saturated rings. The number of amides is 2. The van der Waals surface area contributed by atoms with Crippen LogP contribution in [0.15, 0.2) is 75.7 Å². The number of carbonyl (C=O) groups is 2. The van der Waals surface area contributed by atoms with Gasteiger partial charge in [-0.2, -0.15) is 0 Å². The predicted octanol–water partition coefficient (Wildman–Crippen LogP) is 5.87. The van der Waals surface area contributed by atoms with Crippen molar-refractivity contribution in [3.63, 3.8) is 0 Å². The number of methoxy groups -OCH3 is 1. The number of ether oxygens (including phenoxy) is 2. The topological polar surface area (TPSA) is 76.7 Å². The van der Waals surface area contributed by atoms with Gasteiger partial charge in [-0.25, -0.2) is 0 Å². The summed E-state index contributed by atoms with van der Waals surface area (Å²) in [6, 6.07) is 19.3. The number of carbonyl (C=O) groups excluding carboxylic acids is 2. The Hall–Kier alpha value is -2.84. The molecule has 0 aromatic heterocycles. The van der Waals surface area contributed by atoms with Crippen molar-refractivity contribution in [3.05, 3.63) is 92.4 Å². The third-order valence-electron chi connectivity index (χ3n) is 4.61. The first-order valence-electron chi connectivity index (χ1n) is 10.2. The van der Waals surface area contributed by atoms with E-state index in [0.29, 0.717) is 28.2 Å². The largest absolute Gasteiger partial charge is 0.493 e. The highest BCUT2D eigenvalue weighted by atomic mass is 79.9. The summed E-state index contributed by atoms with van der Waals surface area (Å²) in [5, 5.41) is 5.81. The van der Waals surface area contributed by atoms with Crippen LogP contribution < -0.4 is 20.1 Å². The zero-order valence-corrected chi connectivity index (χ0v) is 21.6. The maximum atomic E-state index is 13.0. The molecule has 172 valence electrons. The second-order valence-electron chi connectivity index (χ2n) is 7.48. The van der Waals surface area contributed by atoms with E-state index in [1.54, 1.807) is 61.7 Å². The van der Waals surface area contributed by atoms with Gasteiger partial charge in [-0.3, -0.25) is 9.59 Å². The minimum Gasteiger partial charge on any atom is -0.493 e. The molecule has 3 aromatic rings. The van der Waals surface area contributed by atoms with Gasteiger partial charge in [0.15, 0.2) is 11.5 Å². The Balaban J connectivity index is 1.93. The van der Waals surface area contributed by atoms with Crippen LogP contribution in [0.25, 0.3) is 0 Å². The third-order valence-corrected chi connectivity index (χ3v) is 5.59. The van der Waals surface area contributed by atoms with Crippen LogP contribution in [0.4, 0.5) is 0 Å². The van der Waals surface area contributed by atoms with Gasteiger partial charge < -0.3 is 20.1 Å². The number of rotatable bonds is 8. The minimum absolute atomic E-state index is 0.0343. The molecule has 0 atom stereocenters. The van der Waals surface area contributed by atoms with E-state index in [1.165, 1.54) is 0 Å². The monoisotopic (exact) mass is 574 g/mol. The molecule has 33 heavy (non-hydrogen) atoms. The molecule has 2 amide bonds. The van der Waals surface area contributed by atoms with Crippen molar-refractivity contribution in [2.24, 2.45) is 0 Å². The van der Waals surface area contributed by atoms with Gasteiger partial charge in [0.05, 0.1) is 13.2 Å². The standard InChI is InChI=1S/C25H24Br2N2O4/c1-15(2)33-21-11-10-16(14-22(21)32-3)23(28-24(30)17-6-4-8-19(26)12-17)29-25(31)18-7-5-9-20(27)13-18/h4-15,23H,1-3H3,(H,28,30)(H,29,31). The Bertz CT molecular complexity index is 1090. The SMILES string of the molecule is COc1cc(C(NC(=O)c2cccc(Br)c2)NC(=O)c2cccc(Br)c2)ccc1OC(C)C. The highest BCUT2D eigenvalue weighted by Gasteiger charge is 2.21. The van der Waals surface area contributed by atoms with E-state index in [1.807, 2.05) is 26.0 Å². The Morgan fingerprint density at radius 1 is 0.788 bits per heavy atom. The molecule has 0 aliphatic rings. The molecule has 0 radical (unpaired) electrons. The first-order chi connectivity index (χ1) is 15.8. The molecule has 0 saturated heterocycles. The van der Waals surface area contributed by atoms with Gasteiger partial charge in [0.25, 0.3) is 11.8 Å². The van der Waals surface area contributed by atoms with Gasteiger partial charge in [0, 0.05) is 20.1 Å². The van der Waals surface area contributed by atoms with E-state index in [4.69, 9.17) is 9.47 Å². The van der Waals surface area contributed by atoms with Crippen molar-refractivity contribution in [1.82, 2.24) is 10.6 Å². The fourth-order valence-corrected chi connectivity index (χ4v) is 3.90. The molecule has 0 bridgehead atoms. The Labute approximate surface area is 209 Å². The van der Waals surface area contributed by atoms with Crippen molar-refractivity contribution in [3.8, 4) is 11.5 Å². The molecule has 0 heterocycles. The molecule has 3 rings (SSSR count). The smallest absolute Gasteiger partial charge is 0.253 e. The van der Waals surface area contributed by atoms with Crippen molar-refractivity contribution in [2.75, 3.05) is 7.11 Å². The number of hydrogen-bond acceptors (Lipinski definition) is 4. The summed E-state index contributed by atoms with van der Waals surface area (Å²) >= 11 is 6.76. The average molecular weight is 576 g/mol. The highest BCUT2D eigenvalue weighted by Crippen LogP contribution is 2.31. The summed E-state index contributed by atoms with van der Waals surface area (Å²) in [6.45, 7) is 3.85. The Kier molecular flexibility index (Phi) is 8.52. The fraction of sp³-hybridized carbons (Fsp3) is 0.200. The number of hydrogen-bond donors (Lipinski definition) is 2. The highest BCUT2D eigenvalue weighted by molar-refractivity contribution is 9.10. The van der Waals surface area contributed by atoms with Crippen molar-refractivity contribution >= 4 is 43.7 Å². The molecular formula is C25H24Br2N2O4. The normalized spacial score (nSPS) is 10.8. The molecule has 0 unspecified atom stereocenters. The number of benzene rings is 3. The van der Waals surface area contributed by atoms with Crippen LogP contribution in [-0.2, 0) is 0 Å². The molecule has 3 aromatic carbocycles. The van der Waals surface area contributed by atoms with E-state index in [-0.39, 0.29) is 17.9 Å². The zero-order chi connectivity index (χ0) is 24.0. The van der Waals surface area contributed by atoms with Gasteiger partial charge in [0.2, 0.25) is 0 Å². The Morgan fingerprint density at radius 2 is 1.33 bits per heavy atom. The van der Waals surface area contributed by atoms with Crippen LogP contribution in [-0.4, -0.2) is 25.0 Å². The van der Waals surface area contributed by atoms with E-state index in [0.717, 1.165) is 8.95 Å². The van der Waals surface area contributed by atoms with E-state index >= 15 is 0 Å². The van der Waals surface area contributed by atoms with Gasteiger partial charge in [-0.05, 0) is 67.9 Å². The maximum absolute atomic E-state index is 13.0. The molecule has 6 nitrogen and oxygen atoms in total. The molecule has 0 spiro atoms. The van der Waals surface area contributed by atoms with Crippen LogP contribution in [0.1, 0.15) is 46.3 Å². The first-order valence-corrected chi connectivity index (χ1v) is 11.8. The summed E-state index contributed by atoms with van der Waals surface area (Å²) in [6.07, 6.45) is -0.849. The van der Waals surface area contributed by atoms with Crippen molar-refractivity contribution in [1.29, 1.82) is 0 Å². The molecular weight excluding hydrogens is 552 g/mol. The minimum atomic E-state index is -0.815. The quantitative estimate of drug-likeness (QED) is 0.330. The average Bonchev–Trinajstić information content (AvgIpc) is 2.78. The van der Waals surface area contributed by atoms with Gasteiger partial charge >= 0.3 is 0 Å². The van der Waals surface area contributed by atoms with Crippen molar-refractivity contribution in [2.45, 2.75) is 26.1 Å². The van der Waals surface area contributed by atoms with Gasteiger partial charge in [-0.1, -0.05) is 50.1 Å². The van der Waals surface area contributed by atoms with Crippen LogP contribution in [0.3, 0.4) is 0 Å².